The minimum Gasteiger partial charge on any atom is -0.494 e. The maximum absolute atomic E-state index is 11.6. The zero-order valence-corrected chi connectivity index (χ0v) is 29.8. The highest BCUT2D eigenvalue weighted by molar-refractivity contribution is 9.10. The van der Waals surface area contributed by atoms with Gasteiger partial charge in [0.1, 0.15) is 18.0 Å². The molecule has 254 valence electrons. The van der Waals surface area contributed by atoms with E-state index in [2.05, 4.69) is 29.8 Å². The molecule has 4 aromatic carbocycles. The van der Waals surface area contributed by atoms with Crippen molar-refractivity contribution in [1.29, 1.82) is 0 Å². The van der Waals surface area contributed by atoms with Gasteiger partial charge in [0, 0.05) is 11.5 Å². The summed E-state index contributed by atoms with van der Waals surface area (Å²) in [6.07, 6.45) is -0.325. The van der Waals surface area contributed by atoms with Crippen molar-refractivity contribution < 1.29 is 33.6 Å². The average molecular weight is 738 g/mol. The lowest BCUT2D eigenvalue weighted by Crippen LogP contribution is -2.51. The molecule has 48 heavy (non-hydrogen) atoms. The Morgan fingerprint density at radius 1 is 0.854 bits per heavy atom. The maximum Gasteiger partial charge on any atom is 0.341 e. The van der Waals surface area contributed by atoms with Gasteiger partial charge in [-0.3, -0.25) is 0 Å². The van der Waals surface area contributed by atoms with E-state index in [9.17, 15) is 9.90 Å². The van der Waals surface area contributed by atoms with Crippen molar-refractivity contribution in [2.24, 2.45) is 5.92 Å². The number of rotatable bonds is 15. The van der Waals surface area contributed by atoms with Gasteiger partial charge in [0.15, 0.2) is 12.4 Å². The molecule has 1 N–H and O–H groups in total. The first kappa shape index (κ1) is 35.9. The van der Waals surface area contributed by atoms with Gasteiger partial charge in [-0.15, -0.1) is 0 Å². The van der Waals surface area contributed by atoms with Crippen LogP contribution in [0.1, 0.15) is 61.1 Å². The number of carboxylic acid groups (broad SMARTS) is 1. The number of hydrogen-bond donors (Lipinski definition) is 1. The smallest absolute Gasteiger partial charge is 0.341 e. The Balaban J connectivity index is 1.57. The molecule has 1 unspecified atom stereocenters. The first-order valence-corrected chi connectivity index (χ1v) is 17.5. The molecule has 0 aliphatic carbocycles. The summed E-state index contributed by atoms with van der Waals surface area (Å²) in [5, 5.41) is 9.83. The van der Waals surface area contributed by atoms with Gasteiger partial charge in [0.25, 0.3) is 0 Å². The third-order valence-electron chi connectivity index (χ3n) is 8.56. The second-order valence-corrected chi connectivity index (χ2v) is 13.1. The van der Waals surface area contributed by atoms with Gasteiger partial charge >= 0.3 is 5.97 Å². The number of hydrogen-bond acceptors (Lipinski definition) is 6. The summed E-state index contributed by atoms with van der Waals surface area (Å²) in [6, 6.07) is 29.9. The van der Waals surface area contributed by atoms with Crippen molar-refractivity contribution in [3.05, 3.63) is 128 Å². The fourth-order valence-electron chi connectivity index (χ4n) is 6.13. The molecule has 5 atom stereocenters. The number of aliphatic carboxylic acids is 1. The lowest BCUT2D eigenvalue weighted by atomic mass is 9.83. The molecule has 0 radical (unpaired) electrons. The number of ether oxygens (including phenoxy) is 5. The first-order valence-electron chi connectivity index (χ1n) is 16.3. The van der Waals surface area contributed by atoms with Crippen LogP contribution in [0.2, 0.25) is 5.02 Å². The topological polar surface area (TPSA) is 83.5 Å². The largest absolute Gasteiger partial charge is 0.494 e. The van der Waals surface area contributed by atoms with Crippen molar-refractivity contribution in [3.63, 3.8) is 0 Å². The monoisotopic (exact) mass is 736 g/mol. The normalized spacial score (nSPS) is 20.7. The Bertz CT molecular complexity index is 1620. The van der Waals surface area contributed by atoms with E-state index in [1.165, 1.54) is 0 Å². The molecule has 0 amide bonds. The number of carbonyl (C=O) groups is 1. The third kappa shape index (κ3) is 8.98. The minimum atomic E-state index is -1.11. The van der Waals surface area contributed by atoms with Gasteiger partial charge < -0.3 is 28.8 Å². The summed E-state index contributed by atoms with van der Waals surface area (Å²) in [6.45, 7) is 6.99. The van der Waals surface area contributed by atoms with E-state index >= 15 is 0 Å². The summed E-state index contributed by atoms with van der Waals surface area (Å²) in [5.74, 6) is -0.0579. The molecule has 0 bridgehead atoms. The Labute approximate surface area is 296 Å². The van der Waals surface area contributed by atoms with Gasteiger partial charge in [0.2, 0.25) is 0 Å². The molecule has 4 aromatic rings. The number of carboxylic acids is 1. The van der Waals surface area contributed by atoms with Gasteiger partial charge in [-0.05, 0) is 76.1 Å². The molecule has 1 heterocycles. The average Bonchev–Trinajstić information content (AvgIpc) is 3.10. The molecular formula is C39H42BrClO7. The second kappa shape index (κ2) is 17.3. The van der Waals surface area contributed by atoms with Crippen LogP contribution in [-0.4, -0.2) is 42.6 Å². The van der Waals surface area contributed by atoms with E-state index in [-0.39, 0.29) is 23.9 Å². The van der Waals surface area contributed by atoms with E-state index in [1.807, 2.05) is 97.9 Å². The molecular weight excluding hydrogens is 696 g/mol. The van der Waals surface area contributed by atoms with Crippen molar-refractivity contribution >= 4 is 33.5 Å². The highest BCUT2D eigenvalue weighted by atomic mass is 79.9. The summed E-state index contributed by atoms with van der Waals surface area (Å²) >= 11 is 10.7. The Hall–Kier alpha value is -3.40. The summed E-state index contributed by atoms with van der Waals surface area (Å²) < 4.78 is 32.4. The van der Waals surface area contributed by atoms with Crippen LogP contribution < -0.4 is 9.47 Å². The maximum atomic E-state index is 11.6. The first-order chi connectivity index (χ1) is 23.3. The lowest BCUT2D eigenvalue weighted by Gasteiger charge is -2.46. The van der Waals surface area contributed by atoms with Crippen LogP contribution in [-0.2, 0) is 38.6 Å². The van der Waals surface area contributed by atoms with E-state index < -0.39 is 24.8 Å². The summed E-state index contributed by atoms with van der Waals surface area (Å²) in [7, 11) is 0. The standard InChI is InChI=1S/C39H42BrClO7/c1-4-32-25(3)36(45-22-27-12-8-6-9-13-27)39(46-23-28-14-10-7-11-15-28)37(48-32)31-21-29(20-26-16-18-30(19-17-26)44-5-2)35(41)38(34(31)40)47-24-33(42)43/h6-19,21,25,32,36-37,39H,4-5,20,22-24H2,1-3H3,(H,42,43)/t25-,32-,36+,37?,39-/m1/s1. The Morgan fingerprint density at radius 3 is 2.02 bits per heavy atom. The van der Waals surface area contributed by atoms with Crippen LogP contribution in [0, 0.1) is 5.92 Å². The van der Waals surface area contributed by atoms with Crippen molar-refractivity contribution in [2.45, 2.75) is 71.2 Å². The fraction of sp³-hybridized carbons (Fsp3) is 0.359. The Morgan fingerprint density at radius 2 is 1.46 bits per heavy atom. The van der Waals surface area contributed by atoms with Crippen molar-refractivity contribution in [2.75, 3.05) is 13.2 Å². The van der Waals surface area contributed by atoms with E-state index in [0.29, 0.717) is 35.7 Å². The molecule has 9 heteroatoms. The minimum absolute atomic E-state index is 0.0212. The molecule has 1 fully saturated rings. The molecule has 0 saturated carbocycles. The highest BCUT2D eigenvalue weighted by Gasteiger charge is 2.46. The third-order valence-corrected chi connectivity index (χ3v) is 9.79. The molecule has 5 rings (SSSR count). The fourth-order valence-corrected chi connectivity index (χ4v) is 7.16. The van der Waals surface area contributed by atoms with E-state index in [0.717, 1.165) is 40.0 Å². The molecule has 7 nitrogen and oxygen atoms in total. The van der Waals surface area contributed by atoms with Gasteiger partial charge in [0.05, 0.1) is 41.5 Å². The number of halogens is 2. The molecule has 0 spiro atoms. The molecule has 0 aromatic heterocycles. The molecule has 1 saturated heterocycles. The van der Waals surface area contributed by atoms with Crippen LogP contribution in [0.4, 0.5) is 0 Å². The van der Waals surface area contributed by atoms with Gasteiger partial charge in [-0.2, -0.15) is 0 Å². The van der Waals surface area contributed by atoms with Crippen molar-refractivity contribution in [3.8, 4) is 11.5 Å². The second-order valence-electron chi connectivity index (χ2n) is 11.9. The van der Waals surface area contributed by atoms with Gasteiger partial charge in [-0.25, -0.2) is 4.79 Å². The van der Waals surface area contributed by atoms with E-state index in [4.69, 9.17) is 35.3 Å². The summed E-state index contributed by atoms with van der Waals surface area (Å²) in [5.41, 5.74) is 4.61. The Kier molecular flexibility index (Phi) is 12.9. The lowest BCUT2D eigenvalue weighted by molar-refractivity contribution is -0.235. The van der Waals surface area contributed by atoms with Crippen LogP contribution in [0.25, 0.3) is 0 Å². The summed E-state index contributed by atoms with van der Waals surface area (Å²) in [4.78, 5) is 11.6. The van der Waals surface area contributed by atoms with Crippen LogP contribution in [0.15, 0.2) is 95.5 Å². The molecule has 1 aliphatic heterocycles. The molecule has 1 aliphatic rings. The van der Waals surface area contributed by atoms with Crippen LogP contribution in [0.3, 0.4) is 0 Å². The zero-order chi connectivity index (χ0) is 34.0. The van der Waals surface area contributed by atoms with Crippen molar-refractivity contribution in [1.82, 2.24) is 0 Å². The number of benzene rings is 4. The predicted octanol–water partition coefficient (Wildman–Crippen LogP) is 9.21. The highest BCUT2D eigenvalue weighted by Crippen LogP contribution is 2.47. The van der Waals surface area contributed by atoms with E-state index in [1.54, 1.807) is 0 Å². The SMILES string of the molecule is CCOc1ccc(Cc2cc(C3O[C@H](CC)[C@@H](C)[C@H](OCc4ccccc4)[C@H]3OCc3ccccc3)c(Br)c(OCC(=O)O)c2Cl)cc1. The van der Waals surface area contributed by atoms with Gasteiger partial charge in [-0.1, -0.05) is 98.2 Å². The van der Waals surface area contributed by atoms with Crippen LogP contribution in [0.5, 0.6) is 11.5 Å². The quantitative estimate of drug-likeness (QED) is 0.130. The van der Waals surface area contributed by atoms with Crippen LogP contribution >= 0.6 is 27.5 Å². The predicted molar refractivity (Wildman–Crippen MR) is 190 cm³/mol. The zero-order valence-electron chi connectivity index (χ0n) is 27.4.